The molecule has 1 aliphatic rings. The predicted molar refractivity (Wildman–Crippen MR) is 147 cm³/mol. The molecule has 1 aliphatic heterocycles. The number of aliphatic hydroxyl groups excluding tert-OH is 1. The quantitative estimate of drug-likeness (QED) is 0.341. The summed E-state index contributed by atoms with van der Waals surface area (Å²) in [5, 5.41) is 17.8. The van der Waals surface area contributed by atoms with Crippen molar-refractivity contribution < 1.29 is 19.4 Å². The van der Waals surface area contributed by atoms with E-state index in [-0.39, 0.29) is 18.1 Å². The van der Waals surface area contributed by atoms with Crippen molar-refractivity contribution in [1.82, 2.24) is 15.5 Å². The highest BCUT2D eigenvalue weighted by Gasteiger charge is 2.46. The summed E-state index contributed by atoms with van der Waals surface area (Å²) in [6.45, 7) is 4.13. The van der Waals surface area contributed by atoms with Crippen LogP contribution in [0.3, 0.4) is 0 Å². The van der Waals surface area contributed by atoms with E-state index in [0.29, 0.717) is 12.2 Å². The number of nitrogens with zero attached hydrogens (tertiary/aromatic N) is 1. The Morgan fingerprint density at radius 3 is 2.24 bits per heavy atom. The number of hydrogen-bond acceptors (Lipinski definition) is 5. The molecule has 0 aromatic heterocycles. The van der Waals surface area contributed by atoms with Crippen LogP contribution in [0, 0.1) is 0 Å². The van der Waals surface area contributed by atoms with Crippen LogP contribution < -0.4 is 15.4 Å². The Morgan fingerprint density at radius 1 is 1.00 bits per heavy atom. The molecule has 0 spiro atoms. The van der Waals surface area contributed by atoms with Crippen LogP contribution in [-0.2, 0) is 11.2 Å². The van der Waals surface area contributed by atoms with E-state index in [1.165, 1.54) is 0 Å². The molecule has 7 heteroatoms. The van der Waals surface area contributed by atoms with E-state index in [1.807, 2.05) is 78.6 Å². The van der Waals surface area contributed by atoms with Gasteiger partial charge in [-0.05, 0) is 43.0 Å². The molecule has 3 aromatic carbocycles. The molecule has 0 aliphatic carbocycles. The van der Waals surface area contributed by atoms with E-state index in [1.54, 1.807) is 24.3 Å². The van der Waals surface area contributed by atoms with Gasteiger partial charge in [-0.25, -0.2) is 4.79 Å². The van der Waals surface area contributed by atoms with E-state index in [4.69, 9.17) is 4.74 Å². The Balaban J connectivity index is 1.56. The van der Waals surface area contributed by atoms with Gasteiger partial charge in [0.25, 0.3) is 0 Å². The molecule has 5 atom stereocenters. The number of para-hydroxylation sites is 1. The number of carbonyl (C=O) groups excluding carboxylic acids is 2. The lowest BCUT2D eigenvalue weighted by molar-refractivity contribution is -0.134. The highest BCUT2D eigenvalue weighted by atomic mass is 16.6. The largest absolute Gasteiger partial charge is 0.412 e. The van der Waals surface area contributed by atoms with Gasteiger partial charge in [-0.2, -0.15) is 0 Å². The summed E-state index contributed by atoms with van der Waals surface area (Å²) in [6, 6.07) is 26.5. The minimum Gasteiger partial charge on any atom is -0.410 e. The first kappa shape index (κ1) is 27.4. The van der Waals surface area contributed by atoms with Crippen molar-refractivity contribution in [3.8, 4) is 5.75 Å². The minimum absolute atomic E-state index is 0.168. The van der Waals surface area contributed by atoms with Gasteiger partial charge in [0.1, 0.15) is 11.8 Å². The Morgan fingerprint density at radius 2 is 1.61 bits per heavy atom. The molecule has 3 aromatic rings. The number of ether oxygens (including phenoxy) is 1. The van der Waals surface area contributed by atoms with Gasteiger partial charge in [-0.1, -0.05) is 98.6 Å². The van der Waals surface area contributed by atoms with Crippen LogP contribution in [0.4, 0.5) is 4.79 Å². The molecule has 1 heterocycles. The summed E-state index contributed by atoms with van der Waals surface area (Å²) in [6.07, 6.45) is 0.978. The fraction of sp³-hybridized carbons (Fsp3) is 0.355. The molecule has 1 unspecified atom stereocenters. The number of rotatable bonds is 11. The van der Waals surface area contributed by atoms with Crippen molar-refractivity contribution in [3.05, 3.63) is 102 Å². The summed E-state index contributed by atoms with van der Waals surface area (Å²) in [5.41, 5.74) is 1.96. The van der Waals surface area contributed by atoms with E-state index < -0.39 is 24.3 Å². The van der Waals surface area contributed by atoms with Crippen LogP contribution in [0.5, 0.6) is 5.75 Å². The SMILES string of the molecule is CCCCC1N[C@@H]([C@H](O)[C@H](Cc2ccccc2)NC(=O)Oc2ccccc2)C(=O)N1[C@@H](C)c1ccccc1. The smallest absolute Gasteiger partial charge is 0.410 e. The van der Waals surface area contributed by atoms with Gasteiger partial charge in [0, 0.05) is 0 Å². The Labute approximate surface area is 224 Å². The molecule has 0 bridgehead atoms. The molecular weight excluding hydrogens is 478 g/mol. The van der Waals surface area contributed by atoms with Gasteiger partial charge in [0.2, 0.25) is 5.91 Å². The Kier molecular flexibility index (Phi) is 9.51. The van der Waals surface area contributed by atoms with Gasteiger partial charge < -0.3 is 20.1 Å². The zero-order valence-corrected chi connectivity index (χ0v) is 22.0. The van der Waals surface area contributed by atoms with Crippen molar-refractivity contribution in [2.75, 3.05) is 0 Å². The lowest BCUT2D eigenvalue weighted by atomic mass is 9.96. The summed E-state index contributed by atoms with van der Waals surface area (Å²) in [7, 11) is 0. The molecule has 0 saturated carbocycles. The summed E-state index contributed by atoms with van der Waals surface area (Å²) < 4.78 is 5.44. The van der Waals surface area contributed by atoms with Gasteiger partial charge in [0.05, 0.1) is 24.4 Å². The van der Waals surface area contributed by atoms with Crippen LogP contribution in [0.25, 0.3) is 0 Å². The first-order valence-corrected chi connectivity index (χ1v) is 13.4. The number of unbranched alkanes of at least 4 members (excludes halogenated alkanes) is 1. The van der Waals surface area contributed by atoms with Crippen molar-refractivity contribution in [3.63, 3.8) is 0 Å². The third kappa shape index (κ3) is 6.79. The van der Waals surface area contributed by atoms with Crippen molar-refractivity contribution >= 4 is 12.0 Å². The first-order chi connectivity index (χ1) is 18.5. The molecular formula is C31H37N3O4. The number of carbonyl (C=O) groups is 2. The van der Waals surface area contributed by atoms with E-state index in [2.05, 4.69) is 17.6 Å². The second kappa shape index (κ2) is 13.2. The van der Waals surface area contributed by atoms with Gasteiger partial charge in [-0.3, -0.25) is 10.1 Å². The highest BCUT2D eigenvalue weighted by Crippen LogP contribution is 2.30. The lowest BCUT2D eigenvalue weighted by Crippen LogP contribution is -2.55. The van der Waals surface area contributed by atoms with Crippen molar-refractivity contribution in [2.45, 2.75) is 69.9 Å². The van der Waals surface area contributed by atoms with Gasteiger partial charge >= 0.3 is 6.09 Å². The number of nitrogens with one attached hydrogen (secondary N) is 2. The van der Waals surface area contributed by atoms with Gasteiger partial charge in [-0.15, -0.1) is 0 Å². The molecule has 200 valence electrons. The lowest BCUT2D eigenvalue weighted by Gasteiger charge is -2.31. The summed E-state index contributed by atoms with van der Waals surface area (Å²) in [5.74, 6) is 0.224. The third-order valence-electron chi connectivity index (χ3n) is 7.07. The van der Waals surface area contributed by atoms with E-state index >= 15 is 0 Å². The number of hydrogen-bond donors (Lipinski definition) is 3. The van der Waals surface area contributed by atoms with Crippen molar-refractivity contribution in [1.29, 1.82) is 0 Å². The number of amides is 2. The molecule has 3 N–H and O–H groups in total. The average molecular weight is 516 g/mol. The molecule has 4 rings (SSSR count). The topological polar surface area (TPSA) is 90.9 Å². The maximum Gasteiger partial charge on any atom is 0.412 e. The van der Waals surface area contributed by atoms with E-state index in [0.717, 1.165) is 30.4 Å². The first-order valence-electron chi connectivity index (χ1n) is 13.4. The molecule has 7 nitrogen and oxygen atoms in total. The fourth-order valence-corrected chi connectivity index (χ4v) is 5.02. The van der Waals surface area contributed by atoms with Crippen LogP contribution >= 0.6 is 0 Å². The standard InChI is InChI=1S/C31H37N3O4/c1-3-4-20-27-33-28(30(36)34(27)22(2)24-16-10-6-11-17-24)29(35)26(21-23-14-8-5-9-15-23)32-31(37)38-25-18-12-7-13-19-25/h5-19,22,26-29,33,35H,3-4,20-21H2,1-2H3,(H,32,37)/t22-,26-,27?,28-,29+/m0/s1. The monoisotopic (exact) mass is 515 g/mol. The second-order valence-corrected chi connectivity index (χ2v) is 9.77. The molecule has 0 radical (unpaired) electrons. The Bertz CT molecular complexity index is 1160. The maximum absolute atomic E-state index is 13.8. The summed E-state index contributed by atoms with van der Waals surface area (Å²) in [4.78, 5) is 28.5. The number of benzene rings is 3. The predicted octanol–water partition coefficient (Wildman–Crippen LogP) is 4.83. The van der Waals surface area contributed by atoms with Crippen LogP contribution in [0.15, 0.2) is 91.0 Å². The minimum atomic E-state index is -1.18. The van der Waals surface area contributed by atoms with Crippen molar-refractivity contribution in [2.24, 2.45) is 0 Å². The maximum atomic E-state index is 13.8. The van der Waals surface area contributed by atoms with Crippen LogP contribution in [0.2, 0.25) is 0 Å². The average Bonchev–Trinajstić information content (AvgIpc) is 3.27. The molecule has 1 fully saturated rings. The molecule has 38 heavy (non-hydrogen) atoms. The van der Waals surface area contributed by atoms with E-state index in [9.17, 15) is 14.7 Å². The zero-order valence-electron chi connectivity index (χ0n) is 22.0. The molecule has 2 amide bonds. The number of aliphatic hydroxyl groups is 1. The fourth-order valence-electron chi connectivity index (χ4n) is 5.02. The zero-order chi connectivity index (χ0) is 26.9. The van der Waals surface area contributed by atoms with Gasteiger partial charge in [0.15, 0.2) is 0 Å². The highest BCUT2D eigenvalue weighted by molar-refractivity contribution is 5.85. The Hall–Kier alpha value is -3.68. The normalized spacial score (nSPS) is 19.6. The third-order valence-corrected chi connectivity index (χ3v) is 7.07. The molecule has 1 saturated heterocycles. The van der Waals surface area contributed by atoms with Crippen LogP contribution in [-0.4, -0.2) is 46.4 Å². The summed E-state index contributed by atoms with van der Waals surface area (Å²) >= 11 is 0. The van der Waals surface area contributed by atoms with Crippen LogP contribution in [0.1, 0.15) is 50.3 Å². The second-order valence-electron chi connectivity index (χ2n) is 9.77.